The summed E-state index contributed by atoms with van der Waals surface area (Å²) in [5.41, 5.74) is 0.197. The molecular formula is C18H30N2O2S. The number of morpholine rings is 1. The third kappa shape index (κ3) is 4.34. The molecule has 3 heterocycles. The Labute approximate surface area is 144 Å². The molecule has 4 nitrogen and oxygen atoms in total. The maximum absolute atomic E-state index is 10.5. The summed E-state index contributed by atoms with van der Waals surface area (Å²) in [4.78, 5) is 6.26. The first-order valence-corrected chi connectivity index (χ1v) is 9.71. The zero-order valence-corrected chi connectivity index (χ0v) is 15.2. The highest BCUT2D eigenvalue weighted by Gasteiger charge is 2.33. The molecule has 0 spiro atoms. The van der Waals surface area contributed by atoms with Gasteiger partial charge < -0.3 is 14.7 Å². The van der Waals surface area contributed by atoms with E-state index in [0.717, 1.165) is 63.7 Å². The first-order valence-electron chi connectivity index (χ1n) is 8.83. The van der Waals surface area contributed by atoms with Crippen LogP contribution < -0.4 is 0 Å². The third-order valence-electron chi connectivity index (χ3n) is 5.39. The van der Waals surface area contributed by atoms with Crippen molar-refractivity contribution >= 4 is 11.3 Å². The second kappa shape index (κ2) is 7.62. The molecular weight excluding hydrogens is 308 g/mol. The van der Waals surface area contributed by atoms with Crippen LogP contribution in [-0.2, 0) is 4.74 Å². The van der Waals surface area contributed by atoms with Crippen molar-refractivity contribution in [3.05, 3.63) is 22.4 Å². The zero-order chi connectivity index (χ0) is 16.3. The lowest BCUT2D eigenvalue weighted by atomic mass is 9.89. The van der Waals surface area contributed by atoms with E-state index >= 15 is 0 Å². The minimum absolute atomic E-state index is 0.197. The van der Waals surface area contributed by atoms with Gasteiger partial charge in [0.25, 0.3) is 0 Å². The average Bonchev–Trinajstić information content (AvgIpc) is 3.10. The molecule has 5 heteroatoms. The van der Waals surface area contributed by atoms with E-state index in [4.69, 9.17) is 4.74 Å². The predicted molar refractivity (Wildman–Crippen MR) is 94.9 cm³/mol. The van der Waals surface area contributed by atoms with E-state index in [2.05, 4.69) is 35.1 Å². The number of aliphatic hydroxyl groups excluding tert-OH is 1. The number of hydrogen-bond acceptors (Lipinski definition) is 5. The van der Waals surface area contributed by atoms with Gasteiger partial charge in [-0.3, -0.25) is 4.90 Å². The highest BCUT2D eigenvalue weighted by Crippen LogP contribution is 2.33. The van der Waals surface area contributed by atoms with Gasteiger partial charge >= 0.3 is 0 Å². The summed E-state index contributed by atoms with van der Waals surface area (Å²) in [6.07, 6.45) is 1.92. The van der Waals surface area contributed by atoms with Crippen LogP contribution in [0.25, 0.3) is 0 Å². The van der Waals surface area contributed by atoms with Crippen LogP contribution in [0.1, 0.15) is 37.7 Å². The molecule has 0 aromatic carbocycles. The van der Waals surface area contributed by atoms with Gasteiger partial charge in [-0.1, -0.05) is 6.07 Å². The fraction of sp³-hybridized carbons (Fsp3) is 0.778. The maximum Gasteiger partial charge on any atom is 0.0910 e. The number of nitrogens with zero attached hydrogens (tertiary/aromatic N) is 2. The Hall–Kier alpha value is -0.460. The van der Waals surface area contributed by atoms with E-state index in [9.17, 15) is 5.11 Å². The van der Waals surface area contributed by atoms with Crippen molar-refractivity contribution in [2.75, 3.05) is 45.9 Å². The Bertz CT molecular complexity index is 463. The van der Waals surface area contributed by atoms with E-state index in [0.29, 0.717) is 5.92 Å². The SMILES string of the molecule is CC(C)(CN1CCC([C@H](O)c2cccs2)CC1)N1CCOCC1. The number of thiophene rings is 1. The van der Waals surface area contributed by atoms with Crippen LogP contribution in [0.2, 0.25) is 0 Å². The number of likely N-dealkylation sites (tertiary alicyclic amines) is 1. The molecule has 23 heavy (non-hydrogen) atoms. The molecule has 3 rings (SSSR count). The summed E-state index contributed by atoms with van der Waals surface area (Å²) in [5, 5.41) is 12.6. The summed E-state index contributed by atoms with van der Waals surface area (Å²) in [5.74, 6) is 0.413. The van der Waals surface area contributed by atoms with Gasteiger partial charge in [0, 0.05) is 30.1 Å². The molecule has 1 aromatic heterocycles. The van der Waals surface area contributed by atoms with Gasteiger partial charge in [-0.15, -0.1) is 11.3 Å². The Kier molecular flexibility index (Phi) is 5.75. The molecule has 1 N–H and O–H groups in total. The standard InChI is InChI=1S/C18H30N2O2S/c1-18(2,20-9-11-22-12-10-20)14-19-7-5-15(6-8-19)17(21)16-4-3-13-23-16/h3-4,13,15,17,21H,5-12,14H2,1-2H3/t17-/m0/s1. The van der Waals surface area contributed by atoms with Crippen LogP contribution in [0.4, 0.5) is 0 Å². The minimum atomic E-state index is -0.274. The second-order valence-corrected chi connectivity index (χ2v) is 8.46. The van der Waals surface area contributed by atoms with Gasteiger partial charge in [0.2, 0.25) is 0 Å². The first kappa shape index (κ1) is 17.4. The van der Waals surface area contributed by atoms with E-state index in [1.165, 1.54) is 0 Å². The van der Waals surface area contributed by atoms with E-state index < -0.39 is 0 Å². The van der Waals surface area contributed by atoms with Gasteiger partial charge in [0.1, 0.15) is 0 Å². The number of hydrogen-bond donors (Lipinski definition) is 1. The van der Waals surface area contributed by atoms with E-state index in [1.54, 1.807) is 11.3 Å². The van der Waals surface area contributed by atoms with Crippen molar-refractivity contribution in [1.82, 2.24) is 9.80 Å². The lowest BCUT2D eigenvalue weighted by Gasteiger charge is -2.45. The highest BCUT2D eigenvalue weighted by atomic mass is 32.1. The van der Waals surface area contributed by atoms with Crippen LogP contribution in [0, 0.1) is 5.92 Å². The topological polar surface area (TPSA) is 35.9 Å². The number of rotatable bonds is 5. The van der Waals surface area contributed by atoms with Crippen molar-refractivity contribution in [2.45, 2.75) is 38.3 Å². The summed E-state index contributed by atoms with van der Waals surface area (Å²) in [6.45, 7) is 11.8. The third-order valence-corrected chi connectivity index (χ3v) is 6.33. The summed E-state index contributed by atoms with van der Waals surface area (Å²) < 4.78 is 5.48. The Morgan fingerprint density at radius 2 is 1.96 bits per heavy atom. The van der Waals surface area contributed by atoms with Crippen molar-refractivity contribution in [2.24, 2.45) is 5.92 Å². The fourth-order valence-electron chi connectivity index (χ4n) is 3.93. The highest BCUT2D eigenvalue weighted by molar-refractivity contribution is 7.10. The Morgan fingerprint density at radius 1 is 1.26 bits per heavy atom. The normalized spacial score (nSPS) is 24.0. The molecule has 0 bridgehead atoms. The summed E-state index contributed by atoms with van der Waals surface area (Å²) in [6, 6.07) is 4.09. The Balaban J connectivity index is 1.48. The number of piperidine rings is 1. The monoisotopic (exact) mass is 338 g/mol. The molecule has 0 radical (unpaired) electrons. The lowest BCUT2D eigenvalue weighted by Crippen LogP contribution is -2.56. The summed E-state index contributed by atoms with van der Waals surface area (Å²) >= 11 is 1.67. The van der Waals surface area contributed by atoms with Gasteiger partial charge in [-0.05, 0) is 57.1 Å². The van der Waals surface area contributed by atoms with E-state index in [-0.39, 0.29) is 11.6 Å². The molecule has 0 saturated carbocycles. The number of ether oxygens (including phenoxy) is 1. The molecule has 0 amide bonds. The van der Waals surface area contributed by atoms with Gasteiger partial charge in [-0.25, -0.2) is 0 Å². The van der Waals surface area contributed by atoms with Gasteiger partial charge in [0.05, 0.1) is 19.3 Å². The molecule has 2 aliphatic rings. The summed E-state index contributed by atoms with van der Waals surface area (Å²) in [7, 11) is 0. The van der Waals surface area contributed by atoms with Crippen molar-refractivity contribution in [3.63, 3.8) is 0 Å². The van der Waals surface area contributed by atoms with Crippen LogP contribution in [0.5, 0.6) is 0 Å². The Morgan fingerprint density at radius 3 is 2.57 bits per heavy atom. The molecule has 1 atom stereocenters. The molecule has 2 fully saturated rings. The molecule has 130 valence electrons. The van der Waals surface area contributed by atoms with Crippen LogP contribution in [-0.4, -0.2) is 66.4 Å². The largest absolute Gasteiger partial charge is 0.387 e. The lowest BCUT2D eigenvalue weighted by molar-refractivity contribution is -0.0281. The number of aliphatic hydroxyl groups is 1. The van der Waals surface area contributed by atoms with Gasteiger partial charge in [-0.2, -0.15) is 0 Å². The molecule has 2 aliphatic heterocycles. The van der Waals surface area contributed by atoms with Crippen molar-refractivity contribution in [1.29, 1.82) is 0 Å². The minimum Gasteiger partial charge on any atom is -0.387 e. The zero-order valence-electron chi connectivity index (χ0n) is 14.4. The van der Waals surface area contributed by atoms with Gasteiger partial charge in [0.15, 0.2) is 0 Å². The van der Waals surface area contributed by atoms with Crippen LogP contribution >= 0.6 is 11.3 Å². The first-order chi connectivity index (χ1) is 11.1. The quantitative estimate of drug-likeness (QED) is 0.895. The maximum atomic E-state index is 10.5. The van der Waals surface area contributed by atoms with Crippen LogP contribution in [0.15, 0.2) is 17.5 Å². The van der Waals surface area contributed by atoms with Crippen LogP contribution in [0.3, 0.4) is 0 Å². The average molecular weight is 339 g/mol. The molecule has 1 aromatic rings. The molecule has 0 unspecified atom stereocenters. The van der Waals surface area contributed by atoms with Crippen molar-refractivity contribution in [3.8, 4) is 0 Å². The smallest absolute Gasteiger partial charge is 0.0910 e. The fourth-order valence-corrected chi connectivity index (χ4v) is 4.74. The second-order valence-electron chi connectivity index (χ2n) is 7.49. The predicted octanol–water partition coefficient (Wildman–Crippen LogP) is 2.60. The molecule has 0 aliphatic carbocycles. The van der Waals surface area contributed by atoms with E-state index in [1.807, 2.05) is 6.07 Å². The van der Waals surface area contributed by atoms with Crippen molar-refractivity contribution < 1.29 is 9.84 Å². The molecule has 2 saturated heterocycles.